The monoisotopic (exact) mass is 431 g/mol. The number of nitrogens with zero attached hydrogens (tertiary/aromatic N) is 3. The molecule has 0 aliphatic carbocycles. The van der Waals surface area contributed by atoms with Gasteiger partial charge in [0.15, 0.2) is 5.82 Å². The van der Waals surface area contributed by atoms with E-state index in [-0.39, 0.29) is 6.04 Å². The second-order valence-electron chi connectivity index (χ2n) is 7.00. The molecule has 3 aromatic heterocycles. The molecule has 4 N–H and O–H groups in total. The van der Waals surface area contributed by atoms with Crippen LogP contribution in [0.25, 0.3) is 27.7 Å². The van der Waals surface area contributed by atoms with Gasteiger partial charge in [-0.1, -0.05) is 30.3 Å². The van der Waals surface area contributed by atoms with Crippen LogP contribution in [0.3, 0.4) is 0 Å². The Hall–Kier alpha value is -3.62. The van der Waals surface area contributed by atoms with Gasteiger partial charge in [-0.2, -0.15) is 0 Å². The van der Waals surface area contributed by atoms with E-state index in [1.165, 1.54) is 16.9 Å². The number of aliphatic carboxylic acids is 1. The number of carboxylic acids is 1. The van der Waals surface area contributed by atoms with Crippen molar-refractivity contribution in [1.29, 1.82) is 0 Å². The van der Waals surface area contributed by atoms with Gasteiger partial charge in [0.05, 0.1) is 10.2 Å². The fourth-order valence-electron chi connectivity index (χ4n) is 3.18. The molecule has 0 bridgehead atoms. The molecule has 1 aromatic carbocycles. The minimum atomic E-state index is -1.01. The van der Waals surface area contributed by atoms with Crippen molar-refractivity contribution in [1.82, 2.24) is 15.0 Å². The molecule has 0 saturated heterocycles. The number of hydrogen-bond acceptors (Lipinski definition) is 7. The average Bonchev–Trinajstić information content (AvgIpc) is 3.20. The molecule has 0 spiro atoms. The number of nitrogens with two attached hydrogens (primary N) is 1. The van der Waals surface area contributed by atoms with E-state index >= 15 is 0 Å². The molecule has 31 heavy (non-hydrogen) atoms. The average molecular weight is 432 g/mol. The van der Waals surface area contributed by atoms with Gasteiger partial charge >= 0.3 is 5.97 Å². The van der Waals surface area contributed by atoms with Crippen molar-refractivity contribution in [2.24, 2.45) is 5.73 Å². The summed E-state index contributed by atoms with van der Waals surface area (Å²) in [5.41, 5.74) is 9.78. The minimum absolute atomic E-state index is 0.0943. The second-order valence-corrected chi connectivity index (χ2v) is 7.88. The number of nitrogens with one attached hydrogen (secondary N) is 1. The van der Waals surface area contributed by atoms with Crippen molar-refractivity contribution in [3.05, 3.63) is 77.4 Å². The van der Waals surface area contributed by atoms with Crippen LogP contribution in [-0.4, -0.2) is 38.6 Å². The highest BCUT2D eigenvalue weighted by atomic mass is 32.1. The predicted octanol–water partition coefficient (Wildman–Crippen LogP) is 3.83. The number of thiophene rings is 1. The van der Waals surface area contributed by atoms with Gasteiger partial charge in [-0.05, 0) is 30.2 Å². The summed E-state index contributed by atoms with van der Waals surface area (Å²) < 4.78 is 0.856. The number of fused-ring (bicyclic) bond motifs is 1. The van der Waals surface area contributed by atoms with E-state index in [0.29, 0.717) is 23.7 Å². The maximum absolute atomic E-state index is 11.0. The number of carbonyl (C=O) groups is 1. The van der Waals surface area contributed by atoms with E-state index < -0.39 is 5.97 Å². The highest BCUT2D eigenvalue weighted by Gasteiger charge is 2.15. The van der Waals surface area contributed by atoms with Crippen LogP contribution in [0.4, 0.5) is 5.82 Å². The summed E-state index contributed by atoms with van der Waals surface area (Å²) in [6, 6.07) is 13.7. The summed E-state index contributed by atoms with van der Waals surface area (Å²) in [6.45, 7) is 0.537. The van der Waals surface area contributed by atoms with Crippen LogP contribution < -0.4 is 11.1 Å². The van der Waals surface area contributed by atoms with Crippen LogP contribution in [0.2, 0.25) is 0 Å². The fourth-order valence-corrected chi connectivity index (χ4v) is 4.12. The predicted molar refractivity (Wildman–Crippen MR) is 124 cm³/mol. The van der Waals surface area contributed by atoms with Crippen LogP contribution in [0.1, 0.15) is 11.1 Å². The number of pyridine rings is 1. The number of anilines is 1. The zero-order valence-electron chi connectivity index (χ0n) is 16.6. The van der Waals surface area contributed by atoms with Gasteiger partial charge in [0.25, 0.3) is 0 Å². The summed E-state index contributed by atoms with van der Waals surface area (Å²) in [6.07, 6.45) is 6.78. The molecule has 7 nitrogen and oxygen atoms in total. The molecule has 0 amide bonds. The summed E-state index contributed by atoms with van der Waals surface area (Å²) in [7, 11) is 0. The third-order valence-corrected chi connectivity index (χ3v) is 5.65. The Morgan fingerprint density at radius 1 is 1.16 bits per heavy atom. The largest absolute Gasteiger partial charge is 0.478 e. The topological polar surface area (TPSA) is 114 Å². The Bertz CT molecular complexity index is 1210. The highest BCUT2D eigenvalue weighted by Crippen LogP contribution is 2.33. The third kappa shape index (κ3) is 5.11. The summed E-state index contributed by atoms with van der Waals surface area (Å²) in [4.78, 5) is 24.4. The van der Waals surface area contributed by atoms with Crippen molar-refractivity contribution in [2.75, 3.05) is 11.9 Å². The first-order chi connectivity index (χ1) is 15.1. The molecular weight excluding hydrogens is 410 g/mol. The molecule has 0 saturated carbocycles. The summed E-state index contributed by atoms with van der Waals surface area (Å²) in [5.74, 6) is 0.214. The Morgan fingerprint density at radius 2 is 1.94 bits per heavy atom. The lowest BCUT2D eigenvalue weighted by atomic mass is 10.1. The Morgan fingerprint density at radius 3 is 2.68 bits per heavy atom. The van der Waals surface area contributed by atoms with Gasteiger partial charge < -0.3 is 16.2 Å². The Kier molecular flexibility index (Phi) is 6.30. The Labute approximate surface area is 183 Å². The van der Waals surface area contributed by atoms with E-state index in [1.54, 1.807) is 18.5 Å². The van der Waals surface area contributed by atoms with Crippen molar-refractivity contribution in [2.45, 2.75) is 12.5 Å². The lowest BCUT2D eigenvalue weighted by Crippen LogP contribution is -2.31. The maximum Gasteiger partial charge on any atom is 0.328 e. The second kappa shape index (κ2) is 9.46. The first-order valence-corrected chi connectivity index (χ1v) is 10.6. The maximum atomic E-state index is 11.0. The van der Waals surface area contributed by atoms with Gasteiger partial charge in [0, 0.05) is 47.6 Å². The van der Waals surface area contributed by atoms with Crippen LogP contribution in [0, 0.1) is 0 Å². The molecule has 0 fully saturated rings. The first kappa shape index (κ1) is 20.6. The Balaban J connectivity index is 1.65. The van der Waals surface area contributed by atoms with Crippen LogP contribution in [0.15, 0.2) is 66.3 Å². The normalized spacial score (nSPS) is 12.3. The molecule has 1 unspecified atom stereocenters. The number of rotatable bonds is 8. The van der Waals surface area contributed by atoms with E-state index in [0.717, 1.165) is 28.3 Å². The molecule has 0 radical (unpaired) electrons. The SMILES string of the molecule is NC(CNc1nc(-c2ccncc2)nc2c(C=CC(=O)O)csc12)Cc1ccccc1. The third-order valence-electron chi connectivity index (χ3n) is 4.66. The van der Waals surface area contributed by atoms with Gasteiger partial charge in [-0.15, -0.1) is 11.3 Å². The molecule has 0 aliphatic rings. The standard InChI is InChI=1S/C23H21N5O2S/c24-18(12-15-4-2-1-3-5-15)13-26-23-21-20(17(14-31-21)6-7-19(29)30)27-22(28-23)16-8-10-25-11-9-16/h1-11,14,18H,12-13,24H2,(H,29,30)(H,26,27,28). The molecule has 4 rings (SSSR count). The molecule has 8 heteroatoms. The summed E-state index contributed by atoms with van der Waals surface area (Å²) in [5, 5.41) is 14.2. The van der Waals surface area contributed by atoms with Crippen molar-refractivity contribution in [3.8, 4) is 11.4 Å². The molecule has 156 valence electrons. The van der Waals surface area contributed by atoms with Gasteiger partial charge in [0.2, 0.25) is 0 Å². The van der Waals surface area contributed by atoms with E-state index in [1.807, 2.05) is 35.7 Å². The van der Waals surface area contributed by atoms with E-state index in [4.69, 9.17) is 20.8 Å². The van der Waals surface area contributed by atoms with Crippen molar-refractivity contribution < 1.29 is 9.90 Å². The van der Waals surface area contributed by atoms with Crippen LogP contribution >= 0.6 is 11.3 Å². The highest BCUT2D eigenvalue weighted by molar-refractivity contribution is 7.18. The lowest BCUT2D eigenvalue weighted by molar-refractivity contribution is -0.131. The van der Waals surface area contributed by atoms with Gasteiger partial charge in [-0.25, -0.2) is 14.8 Å². The quantitative estimate of drug-likeness (QED) is 0.363. The van der Waals surface area contributed by atoms with Gasteiger partial charge in [0.1, 0.15) is 5.82 Å². The number of benzene rings is 1. The van der Waals surface area contributed by atoms with E-state index in [2.05, 4.69) is 22.4 Å². The summed E-state index contributed by atoms with van der Waals surface area (Å²) >= 11 is 1.47. The van der Waals surface area contributed by atoms with Crippen molar-refractivity contribution in [3.63, 3.8) is 0 Å². The van der Waals surface area contributed by atoms with E-state index in [9.17, 15) is 4.79 Å². The smallest absolute Gasteiger partial charge is 0.328 e. The van der Waals surface area contributed by atoms with Gasteiger partial charge in [-0.3, -0.25) is 4.98 Å². The fraction of sp³-hybridized carbons (Fsp3) is 0.130. The van der Waals surface area contributed by atoms with Crippen molar-refractivity contribution >= 4 is 39.4 Å². The zero-order chi connectivity index (χ0) is 21.6. The molecule has 0 aliphatic heterocycles. The van der Waals surface area contributed by atoms with Crippen LogP contribution in [0.5, 0.6) is 0 Å². The molecule has 3 heterocycles. The molecule has 4 aromatic rings. The molecular formula is C23H21N5O2S. The lowest BCUT2D eigenvalue weighted by Gasteiger charge is -2.14. The zero-order valence-corrected chi connectivity index (χ0v) is 17.4. The minimum Gasteiger partial charge on any atom is -0.478 e. The first-order valence-electron chi connectivity index (χ1n) is 9.74. The number of hydrogen-bond donors (Lipinski definition) is 3. The molecule has 1 atom stereocenters. The number of aromatic nitrogens is 3. The van der Waals surface area contributed by atoms with Crippen LogP contribution in [-0.2, 0) is 11.2 Å². The number of carboxylic acid groups (broad SMARTS) is 1.